The van der Waals surface area contributed by atoms with Gasteiger partial charge in [-0.05, 0) is 0 Å². The second-order valence-corrected chi connectivity index (χ2v) is 0. The van der Waals surface area contributed by atoms with Gasteiger partial charge in [-0.15, -0.1) is 0 Å². The summed E-state index contributed by atoms with van der Waals surface area (Å²) in [5.41, 5.74) is 0. The number of hydrogen-bond acceptors (Lipinski definition) is 6. The number of hydrogen-bond donors (Lipinski definition) is 0. The summed E-state index contributed by atoms with van der Waals surface area (Å²) in [6, 6.07) is 0. The standard InChI is InChI=1S/6CN.Mn.4Na/c6*1-2;;;;;/q6*-1;+2;4*+1. The smallest absolute Gasteiger partial charge is 0.512 e. The molecule has 0 aromatic carbocycles. The van der Waals surface area contributed by atoms with Gasteiger partial charge in [0, 0.05) is 0 Å². The summed E-state index contributed by atoms with van der Waals surface area (Å²) in [5.74, 6) is 0. The van der Waals surface area contributed by atoms with E-state index in [4.69, 9.17) is 71.0 Å². The average molecular weight is 303 g/mol. The predicted octanol–water partition coefficient (Wildman–Crippen LogP) is -11.4. The molecule has 0 unspecified atom stereocenters. The monoisotopic (exact) mass is 303 g/mol. The van der Waals surface area contributed by atoms with Crippen LogP contribution >= 0.6 is 0 Å². The molecule has 6 nitrogen and oxygen atoms in total. The van der Waals surface area contributed by atoms with E-state index in [-0.39, 0.29) is 135 Å². The van der Waals surface area contributed by atoms with Crippen molar-refractivity contribution in [3.05, 3.63) is 39.4 Å². The molecular weight excluding hydrogens is 303 g/mol. The van der Waals surface area contributed by atoms with Crippen LogP contribution in [0.15, 0.2) is 0 Å². The van der Waals surface area contributed by atoms with Gasteiger partial charge in [0.2, 0.25) is 0 Å². The first kappa shape index (κ1) is 101. The fraction of sp³-hybridized carbons (Fsp3) is 0. The number of nitrogens with zero attached hydrogens (tertiary/aromatic N) is 6. The van der Waals surface area contributed by atoms with Crippen molar-refractivity contribution in [1.29, 1.82) is 31.6 Å². The molecule has 0 saturated heterocycles. The van der Waals surface area contributed by atoms with Crippen molar-refractivity contribution in [2.24, 2.45) is 0 Å². The van der Waals surface area contributed by atoms with Crippen LogP contribution in [0.1, 0.15) is 0 Å². The third kappa shape index (κ3) is 1960. The van der Waals surface area contributed by atoms with Gasteiger partial charge in [0.15, 0.2) is 0 Å². The summed E-state index contributed by atoms with van der Waals surface area (Å²) in [5, 5.41) is 37.5. The van der Waals surface area contributed by atoms with Gasteiger partial charge in [0.1, 0.15) is 0 Å². The first-order chi connectivity index (χ1) is 6.00. The Morgan fingerprint density at radius 2 is 0.294 bits per heavy atom. The second kappa shape index (κ2) is 2220. The topological polar surface area (TPSA) is 143 Å². The van der Waals surface area contributed by atoms with Gasteiger partial charge in [0.25, 0.3) is 0 Å². The zero-order valence-electron chi connectivity index (χ0n) is 10.1. The van der Waals surface area contributed by atoms with Crippen LogP contribution in [0.4, 0.5) is 0 Å². The Bertz CT molecular complexity index is 106. The Morgan fingerprint density at radius 3 is 0.294 bits per heavy atom. The van der Waals surface area contributed by atoms with E-state index in [9.17, 15) is 0 Å². The molecule has 0 saturated carbocycles. The van der Waals surface area contributed by atoms with E-state index in [0.29, 0.717) is 0 Å². The maximum atomic E-state index is 6.25. The van der Waals surface area contributed by atoms with Gasteiger partial charge < -0.3 is 71.0 Å². The van der Waals surface area contributed by atoms with Gasteiger partial charge in [-0.25, -0.2) is 0 Å². The van der Waals surface area contributed by atoms with Gasteiger partial charge in [-0.3, -0.25) is 0 Å². The van der Waals surface area contributed by atoms with Crippen LogP contribution in [0.3, 0.4) is 0 Å². The maximum Gasteiger partial charge on any atom is 2.00 e. The van der Waals surface area contributed by atoms with Gasteiger partial charge in [0.05, 0.1) is 0 Å². The third-order valence-corrected chi connectivity index (χ3v) is 0. The molecule has 0 aliphatic carbocycles. The average Bonchev–Trinajstić information content (AvgIpc) is 2.33. The summed E-state index contributed by atoms with van der Waals surface area (Å²) in [6.07, 6.45) is 0. The Balaban J connectivity index is -0.00000000267. The fourth-order valence-corrected chi connectivity index (χ4v) is 0. The quantitative estimate of drug-likeness (QED) is 0.321. The molecule has 0 aromatic rings. The molecule has 0 fully saturated rings. The van der Waals surface area contributed by atoms with Crippen LogP contribution in [0.2, 0.25) is 0 Å². The van der Waals surface area contributed by atoms with Crippen molar-refractivity contribution in [3.63, 3.8) is 0 Å². The van der Waals surface area contributed by atoms with Crippen LogP contribution in [-0.4, -0.2) is 0 Å². The molecular formula is C6MnN6Na4. The Labute approximate surface area is 202 Å². The van der Waals surface area contributed by atoms with Crippen LogP contribution < -0.4 is 118 Å². The minimum absolute atomic E-state index is 0. The third-order valence-electron chi connectivity index (χ3n) is 0. The molecule has 0 bridgehead atoms. The molecule has 1 radical (unpaired) electrons. The summed E-state index contributed by atoms with van der Waals surface area (Å²) >= 11 is 0. The largest absolute Gasteiger partial charge is 2.00 e. The van der Waals surface area contributed by atoms with Crippen LogP contribution in [0, 0.1) is 71.0 Å². The van der Waals surface area contributed by atoms with E-state index in [1.54, 1.807) is 0 Å². The van der Waals surface area contributed by atoms with E-state index >= 15 is 0 Å². The molecule has 0 spiro atoms. The van der Waals surface area contributed by atoms with Crippen molar-refractivity contribution in [2.45, 2.75) is 0 Å². The number of rotatable bonds is 0. The Morgan fingerprint density at radius 1 is 0.294 bits per heavy atom. The summed E-state index contributed by atoms with van der Waals surface area (Å²) in [4.78, 5) is 0. The van der Waals surface area contributed by atoms with Crippen molar-refractivity contribution < 1.29 is 135 Å². The van der Waals surface area contributed by atoms with E-state index < -0.39 is 0 Å². The fourth-order valence-electron chi connectivity index (χ4n) is 0. The normalized spacial score (nSPS) is 0.706. The minimum atomic E-state index is 0. The van der Waals surface area contributed by atoms with Gasteiger partial charge in [-0.2, -0.15) is 0 Å². The van der Waals surface area contributed by atoms with E-state index in [1.807, 2.05) is 0 Å². The summed E-state index contributed by atoms with van der Waals surface area (Å²) in [6.45, 7) is 28.5. The first-order valence-electron chi connectivity index (χ1n) is 1.34. The summed E-state index contributed by atoms with van der Waals surface area (Å²) < 4.78 is 0. The van der Waals surface area contributed by atoms with Crippen LogP contribution in [0.25, 0.3) is 0 Å². The van der Waals surface area contributed by atoms with Crippen molar-refractivity contribution in [3.8, 4) is 0 Å². The molecule has 65 valence electrons. The predicted molar refractivity (Wildman–Crippen MR) is 29.8 cm³/mol. The SMILES string of the molecule is [C-]#N.[C-]#N.[C-]#N.[C-]#N.[C-]#N.[C-]#N.[Mn+2].[Na+].[Na+].[Na+].[Na+]. The molecule has 0 heterocycles. The molecule has 0 aliphatic rings. The maximum absolute atomic E-state index is 6.25. The molecule has 0 aromatic heterocycles. The Kier molecular flexibility index (Phi) is 13200. The van der Waals surface area contributed by atoms with Crippen LogP contribution in [-0.2, 0) is 17.1 Å². The molecule has 0 rings (SSSR count). The first-order valence-corrected chi connectivity index (χ1v) is 1.34. The second-order valence-electron chi connectivity index (χ2n) is 0. The van der Waals surface area contributed by atoms with E-state index in [2.05, 4.69) is 0 Å². The van der Waals surface area contributed by atoms with Gasteiger partial charge >= 0.3 is 135 Å². The zero-order valence-corrected chi connectivity index (χ0v) is 19.2. The molecule has 0 aliphatic heterocycles. The molecule has 17 heavy (non-hydrogen) atoms. The van der Waals surface area contributed by atoms with E-state index in [0.717, 1.165) is 0 Å². The molecule has 0 N–H and O–H groups in total. The minimum Gasteiger partial charge on any atom is -0.512 e. The van der Waals surface area contributed by atoms with Crippen molar-refractivity contribution in [1.82, 2.24) is 0 Å². The summed E-state index contributed by atoms with van der Waals surface area (Å²) in [7, 11) is 0. The van der Waals surface area contributed by atoms with Gasteiger partial charge in [-0.1, -0.05) is 0 Å². The zero-order chi connectivity index (χ0) is 12.0. The van der Waals surface area contributed by atoms with Crippen LogP contribution in [0.5, 0.6) is 0 Å². The van der Waals surface area contributed by atoms with E-state index in [1.165, 1.54) is 0 Å². The van der Waals surface area contributed by atoms with Crippen molar-refractivity contribution >= 4 is 0 Å². The molecule has 11 heteroatoms. The van der Waals surface area contributed by atoms with Crippen molar-refractivity contribution in [2.75, 3.05) is 0 Å². The molecule has 0 atom stereocenters. The Hall–Kier alpha value is 1.46. The molecule has 0 amide bonds.